The summed E-state index contributed by atoms with van der Waals surface area (Å²) in [7, 11) is 0. The molecule has 4 fully saturated rings. The van der Waals surface area contributed by atoms with Crippen molar-refractivity contribution < 1.29 is 101 Å². The third-order valence-corrected chi connectivity index (χ3v) is 11.0. The largest absolute Gasteiger partial charge is 0.344 e. The first-order chi connectivity index (χ1) is 35.1. The molecule has 13 amide bonds. The maximum absolute atomic E-state index is 14.3. The van der Waals surface area contributed by atoms with Gasteiger partial charge in [-0.2, -0.15) is 0 Å². The third-order valence-electron chi connectivity index (χ3n) is 11.0. The Morgan fingerprint density at radius 2 is 0.635 bits per heavy atom. The molecule has 2 N–H and O–H groups in total. The van der Waals surface area contributed by atoms with E-state index in [0.717, 1.165) is 14.7 Å². The van der Waals surface area contributed by atoms with Gasteiger partial charge in [-0.1, -0.05) is 0 Å². The van der Waals surface area contributed by atoms with Gasteiger partial charge in [0.05, 0.1) is 31.6 Å². The number of nitrogens with one attached hydrogen (secondary N) is 2. The molecular weight excluding hydrogens is 991 g/mol. The minimum absolute atomic E-state index is 0.229. The minimum Gasteiger partial charge on any atom is -0.344 e. The van der Waals surface area contributed by atoms with Crippen LogP contribution >= 0.6 is 0 Å². The average Bonchev–Trinajstić information content (AvgIpc) is 4.08. The van der Waals surface area contributed by atoms with E-state index in [1.807, 2.05) is 0 Å². The number of hydroxylamine groups is 8. The molecule has 4 aliphatic heterocycles. The normalized spacial score (nSPS) is 15.2. The van der Waals surface area contributed by atoms with Crippen molar-refractivity contribution in [2.45, 2.75) is 89.9 Å². The molecule has 0 aromatic carbocycles. The quantitative estimate of drug-likeness (QED) is 0.0577. The number of imide groups is 4. The number of carbonyl (C=O) groups excluding carboxylic acids is 17. The summed E-state index contributed by atoms with van der Waals surface area (Å²) >= 11 is 0. The Morgan fingerprint density at radius 1 is 0.405 bits per heavy atom. The highest BCUT2D eigenvalue weighted by molar-refractivity contribution is 6.04. The highest BCUT2D eigenvalue weighted by Crippen LogP contribution is 2.18. The van der Waals surface area contributed by atoms with E-state index in [-0.39, 0.29) is 71.6 Å². The number of rotatable bonds is 27. The molecule has 74 heavy (non-hydrogen) atoms. The Morgan fingerprint density at radius 3 is 0.865 bits per heavy atom. The summed E-state index contributed by atoms with van der Waals surface area (Å²) in [5.41, 5.74) is 0. The molecule has 0 spiro atoms. The van der Waals surface area contributed by atoms with Gasteiger partial charge in [-0.05, 0) is 11.8 Å². The number of terminal acetylenes is 2. The molecule has 396 valence electrons. The first-order valence-corrected chi connectivity index (χ1v) is 22.7. The maximum atomic E-state index is 14.3. The fourth-order valence-corrected chi connectivity index (χ4v) is 7.00. The van der Waals surface area contributed by atoms with Gasteiger partial charge in [0.25, 0.3) is 59.1 Å². The van der Waals surface area contributed by atoms with Crippen LogP contribution in [0.5, 0.6) is 0 Å². The van der Waals surface area contributed by atoms with Gasteiger partial charge in [-0.3, -0.25) is 62.3 Å². The predicted octanol–water partition coefficient (Wildman–Crippen LogP) is -4.64. The van der Waals surface area contributed by atoms with Crippen molar-refractivity contribution in [1.82, 2.24) is 45.6 Å². The van der Waals surface area contributed by atoms with Crippen LogP contribution in [0.1, 0.15) is 89.9 Å². The van der Waals surface area contributed by atoms with Crippen LogP contribution in [0.25, 0.3) is 0 Å². The zero-order chi connectivity index (χ0) is 54.6. The smallest absolute Gasteiger partial charge is 0.334 e. The first kappa shape index (κ1) is 57.5. The van der Waals surface area contributed by atoms with Crippen LogP contribution < -0.4 is 10.6 Å². The monoisotopic (exact) mass is 1040 g/mol. The number of hydrogen-bond acceptors (Lipinski definition) is 21. The molecule has 0 atom stereocenters. The molecule has 0 aliphatic carbocycles. The van der Waals surface area contributed by atoms with Gasteiger partial charge in [0, 0.05) is 117 Å². The Kier molecular flexibility index (Phi) is 21.4. The molecule has 4 saturated heterocycles. The van der Waals surface area contributed by atoms with E-state index in [1.54, 1.807) is 11.8 Å². The van der Waals surface area contributed by atoms with Crippen LogP contribution in [0.2, 0.25) is 0 Å². The average molecular weight is 1040 g/mol. The molecule has 4 rings (SSSR count). The molecule has 4 heterocycles. The molecule has 0 aromatic rings. The number of nitrogens with zero attached hydrogens (tertiary/aromatic N) is 7. The lowest BCUT2D eigenvalue weighted by atomic mass is 10.1. The van der Waals surface area contributed by atoms with Gasteiger partial charge in [-0.25, -0.2) is 19.2 Å². The second-order valence-electron chi connectivity index (χ2n) is 16.2. The standard InChI is InChI=1S/C44H49N9O21/c1-3-28(54)45-25-27(26-46-29(55)4-2)44(70)49(19-13-30(56)47(21-15-40(66)71-50-32(58)5-6-33(50)59)22-16-41(67)72-51-34(60)7-8-35(51)61)20-14-31(57)48(23-17-42(68)73-52-36(62)9-10-37(52)63)24-18-43(69)74-53-38(64)11-12-39(53)65/h1-2,27H,5-26H2,(H,45,54)(H,46,55). The zero-order valence-electron chi connectivity index (χ0n) is 39.5. The lowest BCUT2D eigenvalue weighted by Crippen LogP contribution is -2.48. The lowest BCUT2D eigenvalue weighted by molar-refractivity contribution is -0.198. The lowest BCUT2D eigenvalue weighted by Gasteiger charge is -2.30. The van der Waals surface area contributed by atoms with Crippen molar-refractivity contribution in [3.63, 3.8) is 0 Å². The molecule has 0 bridgehead atoms. The molecule has 0 unspecified atom stereocenters. The van der Waals surface area contributed by atoms with Crippen molar-refractivity contribution in [3.8, 4) is 24.7 Å². The van der Waals surface area contributed by atoms with Crippen molar-refractivity contribution in [3.05, 3.63) is 0 Å². The van der Waals surface area contributed by atoms with Crippen LogP contribution in [0.3, 0.4) is 0 Å². The predicted molar refractivity (Wildman–Crippen MR) is 233 cm³/mol. The van der Waals surface area contributed by atoms with Crippen LogP contribution in [0, 0.1) is 30.6 Å². The van der Waals surface area contributed by atoms with Gasteiger partial charge in [0.15, 0.2) is 0 Å². The summed E-state index contributed by atoms with van der Waals surface area (Å²) < 4.78 is 0. The van der Waals surface area contributed by atoms with Gasteiger partial charge in [0.1, 0.15) is 0 Å². The summed E-state index contributed by atoms with van der Waals surface area (Å²) in [5, 5.41) is 5.58. The minimum atomic E-state index is -1.41. The Labute approximate surface area is 419 Å². The van der Waals surface area contributed by atoms with Crippen LogP contribution in [-0.2, 0) is 101 Å². The Hall–Kier alpha value is -9.09. The first-order valence-electron chi connectivity index (χ1n) is 22.7. The van der Waals surface area contributed by atoms with E-state index in [9.17, 15) is 81.5 Å². The molecule has 0 aromatic heterocycles. The van der Waals surface area contributed by atoms with Gasteiger partial charge in [0.2, 0.25) is 17.7 Å². The van der Waals surface area contributed by atoms with Crippen molar-refractivity contribution in [1.29, 1.82) is 0 Å². The Balaban J connectivity index is 1.57. The van der Waals surface area contributed by atoms with Crippen molar-refractivity contribution in [2.75, 3.05) is 52.4 Å². The molecule has 0 radical (unpaired) electrons. The fourth-order valence-electron chi connectivity index (χ4n) is 7.00. The van der Waals surface area contributed by atoms with Crippen molar-refractivity contribution >= 4 is 101 Å². The zero-order valence-corrected chi connectivity index (χ0v) is 39.5. The fraction of sp³-hybridized carbons (Fsp3) is 0.523. The molecular formula is C44H49N9O21. The van der Waals surface area contributed by atoms with Gasteiger partial charge in [-0.15, -0.1) is 33.1 Å². The van der Waals surface area contributed by atoms with E-state index in [2.05, 4.69) is 10.6 Å². The van der Waals surface area contributed by atoms with E-state index in [0.29, 0.717) is 0 Å². The highest BCUT2D eigenvalue weighted by Gasteiger charge is 2.37. The van der Waals surface area contributed by atoms with Crippen LogP contribution in [0.15, 0.2) is 0 Å². The number of hydrogen-bond donors (Lipinski definition) is 2. The van der Waals surface area contributed by atoms with E-state index >= 15 is 0 Å². The van der Waals surface area contributed by atoms with Crippen LogP contribution in [-0.4, -0.2) is 188 Å². The molecule has 0 saturated carbocycles. The second kappa shape index (κ2) is 27.5. The summed E-state index contributed by atoms with van der Waals surface area (Å²) in [6, 6.07) is 0. The Bertz CT molecular complexity index is 2130. The molecule has 4 aliphatic rings. The van der Waals surface area contributed by atoms with E-state index < -0.39 is 197 Å². The SMILES string of the molecule is C#CC(=O)NCC(CNC(=O)C#C)C(=O)N(CCC(=O)N(CCC(=O)ON1C(=O)CCC1=O)CCC(=O)ON1C(=O)CCC1=O)CCC(=O)N(CCC(=O)ON1C(=O)CCC1=O)CCC(=O)ON1C(=O)CCC1=O. The molecule has 30 heteroatoms. The maximum Gasteiger partial charge on any atom is 0.334 e. The summed E-state index contributed by atoms with van der Waals surface area (Å²) in [6.45, 7) is -4.57. The van der Waals surface area contributed by atoms with E-state index in [4.69, 9.17) is 32.2 Å². The second-order valence-corrected chi connectivity index (χ2v) is 16.2. The van der Waals surface area contributed by atoms with Gasteiger partial charge < -0.3 is 44.7 Å². The topological polar surface area (TPSA) is 374 Å². The van der Waals surface area contributed by atoms with Crippen LogP contribution in [0.4, 0.5) is 0 Å². The summed E-state index contributed by atoms with van der Waals surface area (Å²) in [6.07, 6.45) is 4.38. The number of carbonyl (C=O) groups is 17. The number of amides is 13. The third kappa shape index (κ3) is 17.1. The summed E-state index contributed by atoms with van der Waals surface area (Å²) in [5.74, 6) is -13.7. The highest BCUT2D eigenvalue weighted by atomic mass is 16.7. The van der Waals surface area contributed by atoms with Crippen molar-refractivity contribution in [2.24, 2.45) is 5.92 Å². The van der Waals surface area contributed by atoms with Gasteiger partial charge >= 0.3 is 23.9 Å². The molecule has 30 nitrogen and oxygen atoms in total. The van der Waals surface area contributed by atoms with E-state index in [1.165, 1.54) is 0 Å². The summed E-state index contributed by atoms with van der Waals surface area (Å²) in [4.78, 5) is 236.